The van der Waals surface area contributed by atoms with Crippen LogP contribution in [0.25, 0.3) is 0 Å². The van der Waals surface area contributed by atoms with Crippen LogP contribution in [0.15, 0.2) is 42.5 Å². The second-order valence-electron chi connectivity index (χ2n) is 7.35. The minimum Gasteiger partial charge on any atom is -0.493 e. The van der Waals surface area contributed by atoms with Gasteiger partial charge in [-0.2, -0.15) is 0 Å². The first-order chi connectivity index (χ1) is 13.5. The third-order valence-electron chi connectivity index (χ3n) is 4.92. The van der Waals surface area contributed by atoms with Crippen molar-refractivity contribution in [1.29, 1.82) is 0 Å². The van der Waals surface area contributed by atoms with Crippen molar-refractivity contribution in [1.82, 2.24) is 5.32 Å². The summed E-state index contributed by atoms with van der Waals surface area (Å²) in [6.45, 7) is 4.53. The van der Waals surface area contributed by atoms with Crippen LogP contribution in [-0.2, 0) is 5.41 Å². The van der Waals surface area contributed by atoms with E-state index in [1.807, 2.05) is 56.3 Å². The topological polar surface area (TPSA) is 68.8 Å². The molecule has 6 heteroatoms. The smallest absolute Gasteiger partial charge is 0.319 e. The maximum Gasteiger partial charge on any atom is 0.319 e. The Hall–Kier alpha value is -2.89. The Kier molecular flexibility index (Phi) is 5.97. The minimum absolute atomic E-state index is 0.0359. The number of benzene rings is 2. The van der Waals surface area contributed by atoms with Crippen LogP contribution in [0.5, 0.6) is 17.2 Å². The van der Waals surface area contributed by atoms with Crippen LogP contribution in [0.2, 0.25) is 0 Å². The molecule has 2 aromatic carbocycles. The van der Waals surface area contributed by atoms with E-state index in [0.717, 1.165) is 29.8 Å². The molecule has 0 heterocycles. The van der Waals surface area contributed by atoms with E-state index in [-0.39, 0.29) is 17.6 Å². The fourth-order valence-electron chi connectivity index (χ4n) is 3.20. The fourth-order valence-corrected chi connectivity index (χ4v) is 3.20. The predicted molar refractivity (Wildman–Crippen MR) is 110 cm³/mol. The first kappa shape index (κ1) is 19.9. The highest BCUT2D eigenvalue weighted by Crippen LogP contribution is 2.49. The highest BCUT2D eigenvalue weighted by Gasteiger charge is 2.44. The van der Waals surface area contributed by atoms with Gasteiger partial charge in [0.1, 0.15) is 5.75 Å². The zero-order valence-corrected chi connectivity index (χ0v) is 16.9. The van der Waals surface area contributed by atoms with E-state index in [1.165, 1.54) is 0 Å². The molecule has 28 heavy (non-hydrogen) atoms. The third-order valence-corrected chi connectivity index (χ3v) is 4.92. The molecule has 3 rings (SSSR count). The Morgan fingerprint density at radius 1 is 1.04 bits per heavy atom. The van der Waals surface area contributed by atoms with Gasteiger partial charge in [0.05, 0.1) is 20.3 Å². The van der Waals surface area contributed by atoms with E-state index < -0.39 is 0 Å². The summed E-state index contributed by atoms with van der Waals surface area (Å²) in [6.07, 6.45) is 2.18. The van der Waals surface area contributed by atoms with Crippen LogP contribution in [0.3, 0.4) is 0 Å². The lowest BCUT2D eigenvalue weighted by Crippen LogP contribution is -2.35. The van der Waals surface area contributed by atoms with Gasteiger partial charge in [-0.05, 0) is 68.7 Å². The maximum atomic E-state index is 12.3. The van der Waals surface area contributed by atoms with Gasteiger partial charge < -0.3 is 24.8 Å². The molecule has 1 saturated carbocycles. The zero-order valence-electron chi connectivity index (χ0n) is 16.9. The minimum atomic E-state index is -0.218. The van der Waals surface area contributed by atoms with Crippen molar-refractivity contribution in [3.8, 4) is 17.2 Å². The SMILES string of the molecule is COc1ccc(C2(CNC(=O)Nc3ccc(OC(C)C)cc3)CC2)cc1OC. The van der Waals surface area contributed by atoms with Crippen LogP contribution < -0.4 is 24.8 Å². The quantitative estimate of drug-likeness (QED) is 0.710. The summed E-state index contributed by atoms with van der Waals surface area (Å²) in [5.74, 6) is 2.20. The van der Waals surface area contributed by atoms with Gasteiger partial charge >= 0.3 is 6.03 Å². The lowest BCUT2D eigenvalue weighted by molar-refractivity contribution is 0.242. The number of amides is 2. The number of nitrogens with one attached hydrogen (secondary N) is 2. The average molecular weight is 384 g/mol. The number of carbonyl (C=O) groups is 1. The van der Waals surface area contributed by atoms with Gasteiger partial charge in [0, 0.05) is 17.6 Å². The Morgan fingerprint density at radius 3 is 2.29 bits per heavy atom. The molecule has 2 N–H and O–H groups in total. The summed E-state index contributed by atoms with van der Waals surface area (Å²) in [5.41, 5.74) is 1.84. The Bertz CT molecular complexity index is 814. The molecule has 0 atom stereocenters. The van der Waals surface area contributed by atoms with Gasteiger partial charge in [0.2, 0.25) is 0 Å². The normalized spacial score (nSPS) is 14.3. The van der Waals surface area contributed by atoms with Crippen LogP contribution in [0.1, 0.15) is 32.3 Å². The third kappa shape index (κ3) is 4.68. The molecule has 0 aliphatic heterocycles. The van der Waals surface area contributed by atoms with Crippen molar-refractivity contribution in [2.24, 2.45) is 0 Å². The zero-order chi connectivity index (χ0) is 20.1. The van der Waals surface area contributed by atoms with Crippen molar-refractivity contribution in [3.05, 3.63) is 48.0 Å². The van der Waals surface area contributed by atoms with Gasteiger partial charge in [-0.25, -0.2) is 4.79 Å². The standard InChI is InChI=1S/C22H28N2O4/c1-15(2)28-18-8-6-17(7-9-18)24-21(25)23-14-22(11-12-22)16-5-10-19(26-3)20(13-16)27-4/h5-10,13,15H,11-12,14H2,1-4H3,(H2,23,24,25). The lowest BCUT2D eigenvalue weighted by Gasteiger charge is -2.19. The summed E-state index contributed by atoms with van der Waals surface area (Å²) in [7, 11) is 3.25. The molecule has 1 aliphatic carbocycles. The van der Waals surface area contributed by atoms with Gasteiger partial charge in [-0.1, -0.05) is 6.07 Å². The average Bonchev–Trinajstić information content (AvgIpc) is 3.48. The van der Waals surface area contributed by atoms with Crippen LogP contribution in [0.4, 0.5) is 10.5 Å². The van der Waals surface area contributed by atoms with Gasteiger partial charge in [0.25, 0.3) is 0 Å². The van der Waals surface area contributed by atoms with Crippen molar-refractivity contribution < 1.29 is 19.0 Å². The van der Waals surface area contributed by atoms with E-state index in [1.54, 1.807) is 14.2 Å². The Labute approximate surface area is 166 Å². The van der Waals surface area contributed by atoms with E-state index in [9.17, 15) is 4.79 Å². The van der Waals surface area contributed by atoms with Crippen LogP contribution in [-0.4, -0.2) is 32.9 Å². The summed E-state index contributed by atoms with van der Waals surface area (Å²) < 4.78 is 16.3. The number of hydrogen-bond donors (Lipinski definition) is 2. The molecule has 2 aromatic rings. The summed E-state index contributed by atoms with van der Waals surface area (Å²) in [5, 5.41) is 5.86. The monoisotopic (exact) mass is 384 g/mol. The molecule has 0 saturated heterocycles. The summed E-state index contributed by atoms with van der Waals surface area (Å²) >= 11 is 0. The molecule has 0 radical (unpaired) electrons. The van der Waals surface area contributed by atoms with Crippen molar-refractivity contribution in [3.63, 3.8) is 0 Å². The van der Waals surface area contributed by atoms with Gasteiger partial charge in [-0.3, -0.25) is 0 Å². The first-order valence-electron chi connectivity index (χ1n) is 9.50. The van der Waals surface area contributed by atoms with E-state index in [2.05, 4.69) is 10.6 Å². The molecule has 150 valence electrons. The predicted octanol–water partition coefficient (Wildman–Crippen LogP) is 4.34. The second-order valence-corrected chi connectivity index (χ2v) is 7.35. The second kappa shape index (κ2) is 8.42. The number of urea groups is 1. The highest BCUT2D eigenvalue weighted by atomic mass is 16.5. The molecule has 0 bridgehead atoms. The summed E-state index contributed by atoms with van der Waals surface area (Å²) in [4.78, 5) is 12.3. The number of anilines is 1. The van der Waals surface area contributed by atoms with E-state index >= 15 is 0 Å². The molecule has 2 amide bonds. The maximum absolute atomic E-state index is 12.3. The van der Waals surface area contributed by atoms with Crippen LogP contribution >= 0.6 is 0 Å². The van der Waals surface area contributed by atoms with Gasteiger partial charge in [0.15, 0.2) is 11.5 Å². The van der Waals surface area contributed by atoms with Crippen LogP contribution in [0, 0.1) is 0 Å². The summed E-state index contributed by atoms with van der Waals surface area (Å²) in [6, 6.07) is 13.1. The Morgan fingerprint density at radius 2 is 1.71 bits per heavy atom. The fraction of sp³-hybridized carbons (Fsp3) is 0.409. The Balaban J connectivity index is 1.57. The molecule has 6 nitrogen and oxygen atoms in total. The molecule has 1 fully saturated rings. The molecule has 0 unspecified atom stereocenters. The molecular formula is C22H28N2O4. The van der Waals surface area contributed by atoms with Crippen molar-refractivity contribution in [2.75, 3.05) is 26.1 Å². The van der Waals surface area contributed by atoms with E-state index in [4.69, 9.17) is 14.2 Å². The van der Waals surface area contributed by atoms with Crippen molar-refractivity contribution >= 4 is 11.7 Å². The molecule has 0 aromatic heterocycles. The number of methoxy groups -OCH3 is 2. The number of hydrogen-bond acceptors (Lipinski definition) is 4. The van der Waals surface area contributed by atoms with Crippen molar-refractivity contribution in [2.45, 2.75) is 38.2 Å². The van der Waals surface area contributed by atoms with Gasteiger partial charge in [-0.15, -0.1) is 0 Å². The number of ether oxygens (including phenoxy) is 3. The van der Waals surface area contributed by atoms with E-state index in [0.29, 0.717) is 18.0 Å². The lowest BCUT2D eigenvalue weighted by atomic mass is 9.95. The highest BCUT2D eigenvalue weighted by molar-refractivity contribution is 5.89. The molecular weight excluding hydrogens is 356 g/mol. The molecule has 1 aliphatic rings. The number of rotatable bonds is 8. The first-order valence-corrected chi connectivity index (χ1v) is 9.50. The largest absolute Gasteiger partial charge is 0.493 e. The molecule has 0 spiro atoms. The number of carbonyl (C=O) groups excluding carboxylic acids is 1.